The Hall–Kier alpha value is 0.01000. The van der Waals surface area contributed by atoms with Gasteiger partial charge < -0.3 is 4.57 Å². The Balaban J connectivity index is 2.50. The van der Waals surface area contributed by atoms with Crippen LogP contribution in [-0.4, -0.2) is 4.57 Å². The topological polar surface area (TPSA) is 4.93 Å². The van der Waals surface area contributed by atoms with Crippen molar-refractivity contribution in [2.75, 3.05) is 0 Å². The van der Waals surface area contributed by atoms with E-state index in [4.69, 9.17) is 0 Å². The SMILES string of the molecule is CCC(C)Cn1ccc(I)c1. The van der Waals surface area contributed by atoms with E-state index in [1.807, 2.05) is 0 Å². The average Bonchev–Trinajstić information content (AvgIpc) is 2.35. The first-order chi connectivity index (χ1) is 5.22. The van der Waals surface area contributed by atoms with Crippen molar-refractivity contribution in [3.63, 3.8) is 0 Å². The Labute approximate surface area is 81.9 Å². The minimum Gasteiger partial charge on any atom is -0.353 e. The molecule has 0 saturated heterocycles. The van der Waals surface area contributed by atoms with Crippen LogP contribution >= 0.6 is 22.6 Å². The van der Waals surface area contributed by atoms with Gasteiger partial charge in [-0.1, -0.05) is 20.3 Å². The van der Waals surface area contributed by atoms with E-state index in [0.717, 1.165) is 12.5 Å². The third kappa shape index (κ3) is 2.85. The van der Waals surface area contributed by atoms with Gasteiger partial charge in [0.2, 0.25) is 0 Å². The smallest absolute Gasteiger partial charge is 0.0307 e. The monoisotopic (exact) mass is 263 g/mol. The summed E-state index contributed by atoms with van der Waals surface area (Å²) in [5, 5.41) is 0. The van der Waals surface area contributed by atoms with Gasteiger partial charge in [-0.3, -0.25) is 0 Å². The second-order valence-corrected chi connectivity index (χ2v) is 4.29. The van der Waals surface area contributed by atoms with Gasteiger partial charge in [-0.15, -0.1) is 0 Å². The van der Waals surface area contributed by atoms with Crippen molar-refractivity contribution >= 4 is 22.6 Å². The fourth-order valence-electron chi connectivity index (χ4n) is 1.01. The minimum absolute atomic E-state index is 0.790. The lowest BCUT2D eigenvalue weighted by atomic mass is 10.1. The molecule has 1 aromatic rings. The molecule has 0 amide bonds. The normalized spacial score (nSPS) is 13.4. The molecule has 1 unspecified atom stereocenters. The van der Waals surface area contributed by atoms with E-state index in [1.165, 1.54) is 9.99 Å². The molecule has 0 aliphatic carbocycles. The Morgan fingerprint density at radius 1 is 1.64 bits per heavy atom. The first kappa shape index (κ1) is 9.10. The Morgan fingerprint density at radius 3 is 2.82 bits per heavy atom. The molecule has 0 aromatic carbocycles. The van der Waals surface area contributed by atoms with E-state index in [2.05, 4.69) is 59.5 Å². The average molecular weight is 263 g/mol. The largest absolute Gasteiger partial charge is 0.353 e. The van der Waals surface area contributed by atoms with Gasteiger partial charge >= 0.3 is 0 Å². The van der Waals surface area contributed by atoms with Crippen LogP contribution in [0.3, 0.4) is 0 Å². The highest BCUT2D eigenvalue weighted by Crippen LogP contribution is 2.09. The molecule has 0 spiro atoms. The molecule has 0 aliphatic rings. The Morgan fingerprint density at radius 2 is 2.36 bits per heavy atom. The predicted octanol–water partition coefficient (Wildman–Crippen LogP) is 3.14. The van der Waals surface area contributed by atoms with Gasteiger partial charge in [0.15, 0.2) is 0 Å². The van der Waals surface area contributed by atoms with Crippen molar-refractivity contribution in [2.24, 2.45) is 5.92 Å². The molecule has 1 rings (SSSR count). The number of hydrogen-bond acceptors (Lipinski definition) is 0. The van der Waals surface area contributed by atoms with Gasteiger partial charge in [-0.2, -0.15) is 0 Å². The van der Waals surface area contributed by atoms with Crippen LogP contribution in [0.15, 0.2) is 18.5 Å². The number of rotatable bonds is 3. The quantitative estimate of drug-likeness (QED) is 0.738. The van der Waals surface area contributed by atoms with Gasteiger partial charge in [0.05, 0.1) is 0 Å². The van der Waals surface area contributed by atoms with Crippen molar-refractivity contribution in [3.8, 4) is 0 Å². The summed E-state index contributed by atoms with van der Waals surface area (Å²) in [5.74, 6) is 0.790. The van der Waals surface area contributed by atoms with Crippen molar-refractivity contribution < 1.29 is 0 Å². The number of aromatic nitrogens is 1. The van der Waals surface area contributed by atoms with E-state index in [0.29, 0.717) is 0 Å². The molecular weight excluding hydrogens is 249 g/mol. The second kappa shape index (κ2) is 4.14. The van der Waals surface area contributed by atoms with Crippen molar-refractivity contribution in [3.05, 3.63) is 22.0 Å². The van der Waals surface area contributed by atoms with Gasteiger partial charge in [-0.25, -0.2) is 0 Å². The first-order valence-corrected chi connectivity index (χ1v) is 5.11. The standard InChI is InChI=1S/C9H14IN/c1-3-8(2)6-11-5-4-9(10)7-11/h4-5,7-8H,3,6H2,1-2H3. The van der Waals surface area contributed by atoms with Gasteiger partial charge in [0, 0.05) is 22.5 Å². The third-order valence-corrected chi connectivity index (χ3v) is 2.57. The second-order valence-electron chi connectivity index (χ2n) is 3.04. The highest BCUT2D eigenvalue weighted by atomic mass is 127. The molecular formula is C9H14IN. The molecule has 2 heteroatoms. The van der Waals surface area contributed by atoms with Crippen LogP contribution in [0.25, 0.3) is 0 Å². The zero-order valence-electron chi connectivity index (χ0n) is 7.05. The lowest BCUT2D eigenvalue weighted by Crippen LogP contribution is -2.03. The summed E-state index contributed by atoms with van der Waals surface area (Å²) in [5.41, 5.74) is 0. The number of halogens is 1. The maximum atomic E-state index is 2.34. The van der Waals surface area contributed by atoms with Crippen LogP contribution in [0.1, 0.15) is 20.3 Å². The molecule has 62 valence electrons. The highest BCUT2D eigenvalue weighted by Gasteiger charge is 1.99. The van der Waals surface area contributed by atoms with Crippen LogP contribution in [0.4, 0.5) is 0 Å². The van der Waals surface area contributed by atoms with Crippen LogP contribution < -0.4 is 0 Å². The summed E-state index contributed by atoms with van der Waals surface area (Å²) in [7, 11) is 0. The molecule has 1 nitrogen and oxygen atoms in total. The fraction of sp³-hybridized carbons (Fsp3) is 0.556. The number of nitrogens with zero attached hydrogens (tertiary/aromatic N) is 1. The highest BCUT2D eigenvalue weighted by molar-refractivity contribution is 14.1. The van der Waals surface area contributed by atoms with Gasteiger partial charge in [-0.05, 0) is 34.6 Å². The lowest BCUT2D eigenvalue weighted by molar-refractivity contribution is 0.469. The maximum absolute atomic E-state index is 2.34. The molecule has 0 aliphatic heterocycles. The summed E-state index contributed by atoms with van der Waals surface area (Å²) < 4.78 is 3.58. The fourth-order valence-corrected chi connectivity index (χ4v) is 1.53. The summed E-state index contributed by atoms with van der Waals surface area (Å²) in [6.45, 7) is 5.67. The predicted molar refractivity (Wildman–Crippen MR) is 56.6 cm³/mol. The van der Waals surface area contributed by atoms with Crippen LogP contribution in [0.2, 0.25) is 0 Å². The maximum Gasteiger partial charge on any atom is 0.0307 e. The van der Waals surface area contributed by atoms with E-state index in [1.54, 1.807) is 0 Å². The third-order valence-electron chi connectivity index (χ3n) is 1.93. The minimum atomic E-state index is 0.790. The molecule has 1 heterocycles. The van der Waals surface area contributed by atoms with Gasteiger partial charge in [0.1, 0.15) is 0 Å². The van der Waals surface area contributed by atoms with Gasteiger partial charge in [0.25, 0.3) is 0 Å². The molecule has 1 atom stereocenters. The Kier molecular flexibility index (Phi) is 3.43. The van der Waals surface area contributed by atoms with Crippen LogP contribution in [0.5, 0.6) is 0 Å². The summed E-state index contributed by atoms with van der Waals surface area (Å²) >= 11 is 2.34. The molecule has 0 bridgehead atoms. The van der Waals surface area contributed by atoms with E-state index < -0.39 is 0 Å². The molecule has 0 fully saturated rings. The van der Waals surface area contributed by atoms with Crippen molar-refractivity contribution in [2.45, 2.75) is 26.8 Å². The lowest BCUT2D eigenvalue weighted by Gasteiger charge is -2.08. The summed E-state index contributed by atoms with van der Waals surface area (Å²) in [6, 6.07) is 2.14. The van der Waals surface area contributed by atoms with Crippen LogP contribution in [-0.2, 0) is 6.54 Å². The number of hydrogen-bond donors (Lipinski definition) is 0. The van der Waals surface area contributed by atoms with E-state index in [-0.39, 0.29) is 0 Å². The van der Waals surface area contributed by atoms with Crippen LogP contribution in [0, 0.1) is 9.49 Å². The van der Waals surface area contributed by atoms with E-state index in [9.17, 15) is 0 Å². The zero-order valence-corrected chi connectivity index (χ0v) is 9.21. The Bertz CT molecular complexity index is 217. The molecule has 11 heavy (non-hydrogen) atoms. The first-order valence-electron chi connectivity index (χ1n) is 4.03. The molecule has 0 radical (unpaired) electrons. The van der Waals surface area contributed by atoms with Crippen molar-refractivity contribution in [1.29, 1.82) is 0 Å². The zero-order chi connectivity index (χ0) is 8.27. The molecule has 0 N–H and O–H groups in total. The van der Waals surface area contributed by atoms with E-state index >= 15 is 0 Å². The molecule has 0 saturated carbocycles. The molecule has 1 aromatic heterocycles. The van der Waals surface area contributed by atoms with Crippen molar-refractivity contribution in [1.82, 2.24) is 4.57 Å². The summed E-state index contributed by atoms with van der Waals surface area (Å²) in [6.07, 6.45) is 5.59. The summed E-state index contributed by atoms with van der Waals surface area (Å²) in [4.78, 5) is 0.